The summed E-state index contributed by atoms with van der Waals surface area (Å²) in [4.78, 5) is 43.5. The maximum Gasteiger partial charge on any atom is 0.349 e. The summed E-state index contributed by atoms with van der Waals surface area (Å²) in [5.41, 5.74) is 3.16. The van der Waals surface area contributed by atoms with Crippen molar-refractivity contribution in [1.82, 2.24) is 9.55 Å². The van der Waals surface area contributed by atoms with Gasteiger partial charge < -0.3 is 10.1 Å². The van der Waals surface area contributed by atoms with Gasteiger partial charge >= 0.3 is 5.97 Å². The Balaban J connectivity index is 1.54. The molecule has 7 nitrogen and oxygen atoms in total. The molecule has 1 aliphatic rings. The van der Waals surface area contributed by atoms with E-state index in [1.165, 1.54) is 6.92 Å². The summed E-state index contributed by atoms with van der Waals surface area (Å²) in [6, 6.07) is 5.70. The molecule has 3 aromatic rings. The fourth-order valence-corrected chi connectivity index (χ4v) is 4.80. The smallest absolute Gasteiger partial charge is 0.349 e. The van der Waals surface area contributed by atoms with Gasteiger partial charge in [0.25, 0.3) is 11.5 Å². The molecule has 30 heavy (non-hydrogen) atoms. The van der Waals surface area contributed by atoms with Crippen LogP contribution >= 0.6 is 11.3 Å². The zero-order valence-electron chi connectivity index (χ0n) is 17.4. The molecule has 8 heteroatoms. The zero-order chi connectivity index (χ0) is 21.6. The Morgan fingerprint density at radius 1 is 1.27 bits per heavy atom. The summed E-state index contributed by atoms with van der Waals surface area (Å²) >= 11 is 1.14. The number of hydrogen-bond acceptors (Lipinski definition) is 6. The van der Waals surface area contributed by atoms with Crippen molar-refractivity contribution >= 4 is 39.1 Å². The number of carbonyl (C=O) groups excluding carboxylic acids is 2. The predicted molar refractivity (Wildman–Crippen MR) is 116 cm³/mol. The number of nitrogens with zero attached hydrogens (tertiary/aromatic N) is 2. The first-order chi connectivity index (χ1) is 14.3. The number of benzene rings is 1. The molecule has 0 radical (unpaired) electrons. The lowest BCUT2D eigenvalue weighted by Crippen LogP contribution is -2.30. The van der Waals surface area contributed by atoms with Gasteiger partial charge in [0, 0.05) is 18.7 Å². The van der Waals surface area contributed by atoms with Crippen LogP contribution in [0.1, 0.15) is 45.5 Å². The second kappa shape index (κ2) is 7.68. The van der Waals surface area contributed by atoms with Crippen LogP contribution in [-0.2, 0) is 22.5 Å². The van der Waals surface area contributed by atoms with E-state index < -0.39 is 18.0 Å². The van der Waals surface area contributed by atoms with Crippen molar-refractivity contribution in [2.75, 3.05) is 5.32 Å². The molecule has 0 saturated carbocycles. The number of aromatic nitrogens is 2. The Morgan fingerprint density at radius 2 is 2.03 bits per heavy atom. The Hall–Kier alpha value is -3.00. The summed E-state index contributed by atoms with van der Waals surface area (Å²) in [6.45, 7) is 7.79. The number of ether oxygens (including phenoxy) is 1. The molecule has 0 fully saturated rings. The number of amides is 1. The maximum atomic E-state index is 12.8. The molecular weight excluding hydrogens is 402 g/mol. The van der Waals surface area contributed by atoms with E-state index in [0.29, 0.717) is 32.9 Å². The van der Waals surface area contributed by atoms with Crippen LogP contribution in [0.5, 0.6) is 0 Å². The summed E-state index contributed by atoms with van der Waals surface area (Å²) in [5.74, 6) is -0.274. The molecule has 3 heterocycles. The number of aryl methyl sites for hydroxylation is 4. The van der Waals surface area contributed by atoms with Crippen LogP contribution in [0, 0.1) is 20.8 Å². The molecule has 0 spiro atoms. The molecule has 1 aliphatic heterocycles. The van der Waals surface area contributed by atoms with Crippen molar-refractivity contribution in [2.24, 2.45) is 0 Å². The van der Waals surface area contributed by atoms with Gasteiger partial charge in [0.1, 0.15) is 15.5 Å². The molecule has 2 aromatic heterocycles. The molecule has 4 rings (SSSR count). The predicted octanol–water partition coefficient (Wildman–Crippen LogP) is 3.51. The highest BCUT2D eigenvalue weighted by molar-refractivity contribution is 7.20. The molecule has 156 valence electrons. The first-order valence-electron chi connectivity index (χ1n) is 9.88. The quantitative estimate of drug-likeness (QED) is 0.646. The normalized spacial score (nSPS) is 13.9. The summed E-state index contributed by atoms with van der Waals surface area (Å²) < 4.78 is 7.09. The summed E-state index contributed by atoms with van der Waals surface area (Å²) in [7, 11) is 0. The topological polar surface area (TPSA) is 90.3 Å². The summed E-state index contributed by atoms with van der Waals surface area (Å²) in [5, 5.41) is 3.26. The number of fused-ring (bicyclic) bond motifs is 2. The third kappa shape index (κ3) is 3.52. The van der Waals surface area contributed by atoms with Gasteiger partial charge in [0.05, 0.1) is 5.39 Å². The van der Waals surface area contributed by atoms with Crippen LogP contribution < -0.4 is 10.9 Å². The van der Waals surface area contributed by atoms with E-state index in [1.807, 2.05) is 32.0 Å². The molecule has 0 bridgehead atoms. The van der Waals surface area contributed by atoms with E-state index in [4.69, 9.17) is 4.74 Å². The van der Waals surface area contributed by atoms with Crippen molar-refractivity contribution in [3.8, 4) is 0 Å². The lowest BCUT2D eigenvalue weighted by Gasteiger charge is -2.15. The highest BCUT2D eigenvalue weighted by Crippen LogP contribution is 2.29. The molecule has 0 saturated heterocycles. The van der Waals surface area contributed by atoms with Crippen LogP contribution in [0.4, 0.5) is 5.69 Å². The largest absolute Gasteiger partial charge is 0.448 e. The van der Waals surface area contributed by atoms with Gasteiger partial charge in [0.15, 0.2) is 6.10 Å². The van der Waals surface area contributed by atoms with E-state index in [1.54, 1.807) is 11.5 Å². The van der Waals surface area contributed by atoms with Gasteiger partial charge in [0.2, 0.25) is 0 Å². The highest BCUT2D eigenvalue weighted by Gasteiger charge is 2.26. The average Bonchev–Trinajstić information content (AvgIpc) is 3.29. The molecule has 1 unspecified atom stereocenters. The lowest BCUT2D eigenvalue weighted by atomic mass is 10.1. The van der Waals surface area contributed by atoms with Gasteiger partial charge in [-0.25, -0.2) is 9.78 Å². The average molecular weight is 426 g/mol. The Bertz CT molecular complexity index is 1240. The van der Waals surface area contributed by atoms with Gasteiger partial charge in [-0.05, 0) is 51.3 Å². The van der Waals surface area contributed by atoms with Crippen LogP contribution in [0.25, 0.3) is 10.2 Å². The number of anilines is 1. The minimum Gasteiger partial charge on any atom is -0.448 e. The van der Waals surface area contributed by atoms with Crippen molar-refractivity contribution in [1.29, 1.82) is 0 Å². The van der Waals surface area contributed by atoms with Crippen molar-refractivity contribution in [3.63, 3.8) is 0 Å². The van der Waals surface area contributed by atoms with Crippen molar-refractivity contribution < 1.29 is 14.3 Å². The Morgan fingerprint density at radius 3 is 2.77 bits per heavy atom. The lowest BCUT2D eigenvalue weighted by molar-refractivity contribution is -0.123. The van der Waals surface area contributed by atoms with Crippen LogP contribution in [-0.4, -0.2) is 27.5 Å². The molecule has 1 atom stereocenters. The molecule has 0 aliphatic carbocycles. The number of esters is 1. The second-order valence-electron chi connectivity index (χ2n) is 7.68. The number of carbonyl (C=O) groups is 2. The number of nitrogens with one attached hydrogen (secondary N) is 1. The monoisotopic (exact) mass is 425 g/mol. The zero-order valence-corrected chi connectivity index (χ0v) is 18.2. The third-order valence-corrected chi connectivity index (χ3v) is 6.56. The van der Waals surface area contributed by atoms with Crippen LogP contribution in [0.15, 0.2) is 23.0 Å². The van der Waals surface area contributed by atoms with Crippen LogP contribution in [0.2, 0.25) is 0 Å². The minimum atomic E-state index is -0.984. The van der Waals surface area contributed by atoms with Gasteiger partial charge in [-0.1, -0.05) is 17.7 Å². The van der Waals surface area contributed by atoms with E-state index in [9.17, 15) is 14.4 Å². The van der Waals surface area contributed by atoms with E-state index in [-0.39, 0.29) is 5.56 Å². The van der Waals surface area contributed by atoms with E-state index in [2.05, 4.69) is 10.3 Å². The fourth-order valence-electron chi connectivity index (χ4n) is 3.73. The number of thiophene rings is 1. The SMILES string of the molecule is Cc1ccc(NC(=O)C(C)OC(=O)c2sc3nc4n(c(=O)c3c2C)CCC4)c(C)c1. The molecule has 1 N–H and O–H groups in total. The maximum absolute atomic E-state index is 12.8. The highest BCUT2D eigenvalue weighted by atomic mass is 32.1. The van der Waals surface area contributed by atoms with E-state index in [0.717, 1.165) is 41.1 Å². The first kappa shape index (κ1) is 20.3. The summed E-state index contributed by atoms with van der Waals surface area (Å²) in [6.07, 6.45) is 0.680. The standard InChI is InChI=1S/C22H23N3O4S/c1-11-7-8-15(12(2)10-11)23-19(26)14(4)29-22(28)18-13(3)17-20(30-18)24-16-6-5-9-25(16)21(17)27/h7-8,10,14H,5-6,9H2,1-4H3,(H,23,26). The van der Waals surface area contributed by atoms with Crippen molar-refractivity contribution in [2.45, 2.75) is 53.2 Å². The van der Waals surface area contributed by atoms with Crippen LogP contribution in [0.3, 0.4) is 0 Å². The molecular formula is C22H23N3O4S. The fraction of sp³-hybridized carbons (Fsp3) is 0.364. The molecule has 1 aromatic carbocycles. The molecule has 1 amide bonds. The Labute approximate surface area is 177 Å². The third-order valence-electron chi connectivity index (χ3n) is 5.39. The van der Waals surface area contributed by atoms with Gasteiger partial charge in [-0.15, -0.1) is 11.3 Å². The Kier molecular flexibility index (Phi) is 5.19. The van der Waals surface area contributed by atoms with Gasteiger partial charge in [-0.2, -0.15) is 0 Å². The second-order valence-corrected chi connectivity index (χ2v) is 8.68. The number of hydrogen-bond donors (Lipinski definition) is 1. The van der Waals surface area contributed by atoms with Gasteiger partial charge in [-0.3, -0.25) is 14.2 Å². The number of rotatable bonds is 4. The minimum absolute atomic E-state index is 0.110. The van der Waals surface area contributed by atoms with Crippen molar-refractivity contribution in [3.05, 3.63) is 55.9 Å². The first-order valence-corrected chi connectivity index (χ1v) is 10.7. The van der Waals surface area contributed by atoms with E-state index >= 15 is 0 Å².